The molecule has 0 aliphatic rings. The van der Waals surface area contributed by atoms with Gasteiger partial charge in [0.15, 0.2) is 0 Å². The summed E-state index contributed by atoms with van der Waals surface area (Å²) in [6, 6.07) is 16.0. The number of hydrogen-bond acceptors (Lipinski definition) is 5. The molecular formula is C20H19N3O4S. The summed E-state index contributed by atoms with van der Waals surface area (Å²) in [4.78, 5) is 11.3. The molecule has 3 aromatic rings. The first-order valence-electron chi connectivity index (χ1n) is 8.40. The summed E-state index contributed by atoms with van der Waals surface area (Å²) in [6.07, 6.45) is 5.27. The lowest BCUT2D eigenvalue weighted by atomic mass is 10.0. The number of nitrogens with two attached hydrogens (primary N) is 1. The molecule has 0 aliphatic heterocycles. The summed E-state index contributed by atoms with van der Waals surface area (Å²) >= 11 is 0. The van der Waals surface area contributed by atoms with E-state index in [1.807, 2.05) is 30.3 Å². The van der Waals surface area contributed by atoms with Crippen LogP contribution in [0.15, 0.2) is 78.0 Å². The van der Waals surface area contributed by atoms with Gasteiger partial charge in [0.25, 0.3) is 15.9 Å². The van der Waals surface area contributed by atoms with Crippen molar-refractivity contribution in [1.82, 2.24) is 9.45 Å². The Balaban J connectivity index is 2.11. The van der Waals surface area contributed by atoms with E-state index in [-0.39, 0.29) is 11.4 Å². The average molecular weight is 397 g/mol. The van der Waals surface area contributed by atoms with E-state index >= 15 is 0 Å². The Morgan fingerprint density at radius 3 is 2.54 bits per heavy atom. The molecule has 1 amide bonds. The highest BCUT2D eigenvalue weighted by Crippen LogP contribution is 2.32. The van der Waals surface area contributed by atoms with Crippen molar-refractivity contribution in [2.45, 2.75) is 11.4 Å². The molecule has 28 heavy (non-hydrogen) atoms. The predicted octanol–water partition coefficient (Wildman–Crippen LogP) is 2.37. The van der Waals surface area contributed by atoms with Gasteiger partial charge in [0.2, 0.25) is 0 Å². The van der Waals surface area contributed by atoms with Crippen LogP contribution in [0.25, 0.3) is 17.2 Å². The number of aromatic nitrogens is 1. The fourth-order valence-corrected chi connectivity index (χ4v) is 4.49. The number of rotatable bonds is 6. The second kappa shape index (κ2) is 8.22. The SMILES string of the molecule is NCc1cccc(-c2ccccc2)c1S(=O)(=O)n1ccc(/C=C/C(=O)NO)c1. The average Bonchev–Trinajstić information content (AvgIpc) is 3.22. The molecule has 0 aliphatic carbocycles. The van der Waals surface area contributed by atoms with Crippen LogP contribution >= 0.6 is 0 Å². The van der Waals surface area contributed by atoms with Crippen molar-refractivity contribution in [1.29, 1.82) is 0 Å². The number of hydrogen-bond donors (Lipinski definition) is 3. The second-order valence-electron chi connectivity index (χ2n) is 5.95. The van der Waals surface area contributed by atoms with Gasteiger partial charge in [-0.25, -0.2) is 17.9 Å². The lowest BCUT2D eigenvalue weighted by Crippen LogP contribution is -2.16. The van der Waals surface area contributed by atoms with Gasteiger partial charge < -0.3 is 5.73 Å². The fourth-order valence-electron chi connectivity index (χ4n) is 2.85. The highest BCUT2D eigenvalue weighted by atomic mass is 32.2. The first-order chi connectivity index (χ1) is 13.5. The smallest absolute Gasteiger partial charge is 0.268 e. The molecule has 1 heterocycles. The molecule has 144 valence electrons. The second-order valence-corrected chi connectivity index (χ2v) is 7.73. The molecule has 8 heteroatoms. The van der Waals surface area contributed by atoms with E-state index in [1.54, 1.807) is 24.3 Å². The summed E-state index contributed by atoms with van der Waals surface area (Å²) in [7, 11) is -3.93. The van der Waals surface area contributed by atoms with Gasteiger partial charge in [0.05, 0.1) is 0 Å². The van der Waals surface area contributed by atoms with Gasteiger partial charge >= 0.3 is 0 Å². The number of benzene rings is 2. The number of hydroxylamine groups is 1. The Hall–Kier alpha value is -3.20. The van der Waals surface area contributed by atoms with Crippen molar-refractivity contribution in [3.63, 3.8) is 0 Å². The summed E-state index contributed by atoms with van der Waals surface area (Å²) in [5, 5.41) is 8.53. The van der Waals surface area contributed by atoms with Crippen molar-refractivity contribution in [3.05, 3.63) is 84.2 Å². The minimum absolute atomic E-state index is 0.0694. The molecule has 3 rings (SSSR count). The topological polar surface area (TPSA) is 114 Å². The zero-order chi connectivity index (χ0) is 20.1. The predicted molar refractivity (Wildman–Crippen MR) is 106 cm³/mol. The third kappa shape index (κ3) is 3.89. The lowest BCUT2D eigenvalue weighted by Gasteiger charge is -2.15. The van der Waals surface area contributed by atoms with Gasteiger partial charge in [-0.3, -0.25) is 10.0 Å². The monoisotopic (exact) mass is 397 g/mol. The van der Waals surface area contributed by atoms with Crippen LogP contribution < -0.4 is 11.2 Å². The Morgan fingerprint density at radius 2 is 1.86 bits per heavy atom. The van der Waals surface area contributed by atoms with Crippen molar-refractivity contribution < 1.29 is 18.4 Å². The number of amides is 1. The molecular weight excluding hydrogens is 378 g/mol. The third-order valence-electron chi connectivity index (χ3n) is 4.16. The van der Waals surface area contributed by atoms with Crippen molar-refractivity contribution in [2.75, 3.05) is 0 Å². The molecule has 0 bridgehead atoms. The zero-order valence-corrected chi connectivity index (χ0v) is 15.6. The van der Waals surface area contributed by atoms with Gasteiger partial charge in [-0.2, -0.15) is 0 Å². The van der Waals surface area contributed by atoms with E-state index in [0.717, 1.165) is 15.6 Å². The zero-order valence-electron chi connectivity index (χ0n) is 14.8. The molecule has 0 spiro atoms. The minimum Gasteiger partial charge on any atom is -0.326 e. The molecule has 0 fully saturated rings. The van der Waals surface area contributed by atoms with Crippen LogP contribution in [0.4, 0.5) is 0 Å². The van der Waals surface area contributed by atoms with Crippen LogP contribution in [-0.2, 0) is 21.4 Å². The van der Waals surface area contributed by atoms with E-state index in [9.17, 15) is 13.2 Å². The number of carbonyl (C=O) groups is 1. The van der Waals surface area contributed by atoms with Crippen LogP contribution in [0.3, 0.4) is 0 Å². The van der Waals surface area contributed by atoms with Crippen LogP contribution in [0.1, 0.15) is 11.1 Å². The molecule has 2 aromatic carbocycles. The molecule has 4 N–H and O–H groups in total. The molecule has 1 aromatic heterocycles. The van der Waals surface area contributed by atoms with Crippen LogP contribution in [-0.4, -0.2) is 23.5 Å². The Morgan fingerprint density at radius 1 is 1.11 bits per heavy atom. The Bertz CT molecular complexity index is 1120. The normalized spacial score (nSPS) is 11.6. The van der Waals surface area contributed by atoms with Crippen LogP contribution in [0.5, 0.6) is 0 Å². The summed E-state index contributed by atoms with van der Waals surface area (Å²) in [5.74, 6) is -0.713. The number of nitrogens with one attached hydrogen (secondary N) is 1. The fraction of sp³-hybridized carbons (Fsp3) is 0.0500. The first kappa shape index (κ1) is 19.6. The highest BCUT2D eigenvalue weighted by molar-refractivity contribution is 7.90. The van der Waals surface area contributed by atoms with Crippen molar-refractivity contribution in [2.24, 2.45) is 5.73 Å². The molecule has 0 unspecified atom stereocenters. The maximum absolute atomic E-state index is 13.4. The van der Waals surface area contributed by atoms with E-state index in [2.05, 4.69) is 0 Å². The standard InChI is InChI=1S/C20H19N3O4S/c21-13-17-7-4-8-18(16-5-2-1-3-6-16)20(17)28(26,27)23-12-11-15(14-23)9-10-19(24)22-25/h1-12,14,25H,13,21H2,(H,22,24)/b10-9+. The number of nitrogens with zero attached hydrogens (tertiary/aromatic N) is 1. The van der Waals surface area contributed by atoms with E-state index < -0.39 is 15.9 Å². The van der Waals surface area contributed by atoms with Gasteiger partial charge in [-0.05, 0) is 28.8 Å². The quantitative estimate of drug-likeness (QED) is 0.336. The summed E-state index contributed by atoms with van der Waals surface area (Å²) in [6.45, 7) is 0.0694. The van der Waals surface area contributed by atoms with E-state index in [0.29, 0.717) is 16.7 Å². The molecule has 0 radical (unpaired) electrons. The first-order valence-corrected chi connectivity index (χ1v) is 9.84. The Labute approximate surface area is 162 Å². The van der Waals surface area contributed by atoms with Gasteiger partial charge in [0, 0.05) is 30.6 Å². The molecule has 0 saturated heterocycles. The van der Waals surface area contributed by atoms with E-state index in [4.69, 9.17) is 10.9 Å². The molecule has 7 nitrogen and oxygen atoms in total. The van der Waals surface area contributed by atoms with Gasteiger partial charge in [0.1, 0.15) is 4.90 Å². The lowest BCUT2D eigenvalue weighted by molar-refractivity contribution is -0.124. The van der Waals surface area contributed by atoms with Crippen molar-refractivity contribution >= 4 is 22.0 Å². The van der Waals surface area contributed by atoms with Crippen LogP contribution in [0.2, 0.25) is 0 Å². The van der Waals surface area contributed by atoms with Crippen molar-refractivity contribution in [3.8, 4) is 11.1 Å². The third-order valence-corrected chi connectivity index (χ3v) is 5.94. The largest absolute Gasteiger partial charge is 0.326 e. The van der Waals surface area contributed by atoms with Crippen LogP contribution in [0, 0.1) is 0 Å². The van der Waals surface area contributed by atoms with Gasteiger partial charge in [-0.15, -0.1) is 0 Å². The number of carbonyl (C=O) groups excluding carboxylic acids is 1. The van der Waals surface area contributed by atoms with Gasteiger partial charge in [-0.1, -0.05) is 48.5 Å². The highest BCUT2D eigenvalue weighted by Gasteiger charge is 2.24. The summed E-state index contributed by atoms with van der Waals surface area (Å²) in [5.41, 5.74) is 9.62. The maximum atomic E-state index is 13.4. The molecule has 0 saturated carbocycles. The summed E-state index contributed by atoms with van der Waals surface area (Å²) < 4.78 is 27.8. The van der Waals surface area contributed by atoms with E-state index in [1.165, 1.54) is 23.9 Å². The Kier molecular flexibility index (Phi) is 5.74. The minimum atomic E-state index is -3.93. The molecule has 0 atom stereocenters. The maximum Gasteiger partial charge on any atom is 0.268 e.